The Morgan fingerprint density at radius 3 is 2.85 bits per heavy atom. The van der Waals surface area contributed by atoms with Gasteiger partial charge in [-0.05, 0) is 0 Å². The predicted octanol–water partition coefficient (Wildman–Crippen LogP) is 1.72. The standard InChI is InChI=1S/C13H17N5O2/c1-8(2)11-15-4-9(18-11)5-16-12-10(13(19)20-3)6-14-7-17-12/h4,6-8H,5H2,1-3H3,(H,15,18)(H,14,16,17). The number of imidazole rings is 1. The summed E-state index contributed by atoms with van der Waals surface area (Å²) in [4.78, 5) is 26.9. The van der Waals surface area contributed by atoms with Crippen molar-refractivity contribution in [3.05, 3.63) is 35.8 Å². The van der Waals surface area contributed by atoms with E-state index in [4.69, 9.17) is 0 Å². The molecule has 0 bridgehead atoms. The Labute approximate surface area is 116 Å². The number of esters is 1. The van der Waals surface area contributed by atoms with E-state index in [1.165, 1.54) is 19.6 Å². The number of carbonyl (C=O) groups excluding carboxylic acids is 1. The van der Waals surface area contributed by atoms with Gasteiger partial charge in [-0.3, -0.25) is 0 Å². The fourth-order valence-corrected chi connectivity index (χ4v) is 1.67. The summed E-state index contributed by atoms with van der Waals surface area (Å²) in [5.74, 6) is 1.24. The lowest BCUT2D eigenvalue weighted by Crippen LogP contribution is -2.10. The van der Waals surface area contributed by atoms with Crippen LogP contribution in [-0.2, 0) is 11.3 Å². The summed E-state index contributed by atoms with van der Waals surface area (Å²) in [7, 11) is 1.32. The zero-order valence-electron chi connectivity index (χ0n) is 11.7. The Hall–Kier alpha value is -2.44. The minimum Gasteiger partial charge on any atom is -0.465 e. The number of nitrogens with zero attached hydrogens (tertiary/aromatic N) is 3. The number of rotatable bonds is 5. The quantitative estimate of drug-likeness (QED) is 0.807. The average Bonchev–Trinajstić information content (AvgIpc) is 2.93. The fraction of sp³-hybridized carbons (Fsp3) is 0.385. The van der Waals surface area contributed by atoms with Crippen LogP contribution in [0.3, 0.4) is 0 Å². The summed E-state index contributed by atoms with van der Waals surface area (Å²) >= 11 is 0. The van der Waals surface area contributed by atoms with E-state index in [-0.39, 0.29) is 0 Å². The number of nitrogens with one attached hydrogen (secondary N) is 2. The molecular formula is C13H17N5O2. The maximum absolute atomic E-state index is 11.6. The van der Waals surface area contributed by atoms with E-state index < -0.39 is 5.97 Å². The van der Waals surface area contributed by atoms with Gasteiger partial charge in [-0.1, -0.05) is 13.8 Å². The van der Waals surface area contributed by atoms with Crippen LogP contribution in [0.2, 0.25) is 0 Å². The van der Waals surface area contributed by atoms with Crippen molar-refractivity contribution in [1.82, 2.24) is 19.9 Å². The third kappa shape index (κ3) is 3.11. The molecule has 2 aromatic heterocycles. The number of H-pyrrole nitrogens is 1. The molecule has 2 N–H and O–H groups in total. The van der Waals surface area contributed by atoms with E-state index in [9.17, 15) is 4.79 Å². The molecule has 7 nitrogen and oxygen atoms in total. The molecule has 0 spiro atoms. The summed E-state index contributed by atoms with van der Waals surface area (Å²) in [5, 5.41) is 3.07. The number of methoxy groups -OCH3 is 1. The lowest BCUT2D eigenvalue weighted by atomic mass is 10.2. The molecule has 0 amide bonds. The molecule has 7 heteroatoms. The number of hydrogen-bond donors (Lipinski definition) is 2. The van der Waals surface area contributed by atoms with Gasteiger partial charge in [0.2, 0.25) is 0 Å². The monoisotopic (exact) mass is 275 g/mol. The molecule has 2 rings (SSSR count). The Morgan fingerprint density at radius 1 is 1.40 bits per heavy atom. The topological polar surface area (TPSA) is 92.8 Å². The van der Waals surface area contributed by atoms with Gasteiger partial charge in [-0.25, -0.2) is 19.7 Å². The van der Waals surface area contributed by atoms with Crippen LogP contribution in [-0.4, -0.2) is 33.0 Å². The lowest BCUT2D eigenvalue weighted by molar-refractivity contribution is 0.0601. The van der Waals surface area contributed by atoms with Gasteiger partial charge in [-0.2, -0.15) is 0 Å². The smallest absolute Gasteiger partial charge is 0.343 e. The van der Waals surface area contributed by atoms with Crippen LogP contribution in [0.15, 0.2) is 18.7 Å². The fourth-order valence-electron chi connectivity index (χ4n) is 1.67. The van der Waals surface area contributed by atoms with Crippen LogP contribution in [0, 0.1) is 0 Å². The summed E-state index contributed by atoms with van der Waals surface area (Å²) < 4.78 is 4.69. The third-order valence-electron chi connectivity index (χ3n) is 2.76. The maximum Gasteiger partial charge on any atom is 0.343 e. The Balaban J connectivity index is 2.08. The zero-order valence-corrected chi connectivity index (χ0v) is 11.7. The molecule has 0 aliphatic heterocycles. The number of hydrogen-bond acceptors (Lipinski definition) is 6. The molecule has 2 aromatic rings. The first kappa shape index (κ1) is 14.0. The van der Waals surface area contributed by atoms with Gasteiger partial charge >= 0.3 is 5.97 Å². The largest absolute Gasteiger partial charge is 0.465 e. The average molecular weight is 275 g/mol. The number of carbonyl (C=O) groups is 1. The lowest BCUT2D eigenvalue weighted by Gasteiger charge is -2.07. The van der Waals surface area contributed by atoms with Crippen molar-refractivity contribution in [2.75, 3.05) is 12.4 Å². The first-order valence-corrected chi connectivity index (χ1v) is 6.27. The minimum absolute atomic E-state index is 0.304. The highest BCUT2D eigenvalue weighted by Gasteiger charge is 2.13. The van der Waals surface area contributed by atoms with Gasteiger partial charge in [0.15, 0.2) is 0 Å². The van der Waals surface area contributed by atoms with Gasteiger partial charge in [0, 0.05) is 12.1 Å². The summed E-state index contributed by atoms with van der Waals surface area (Å²) in [6.07, 6.45) is 4.57. The van der Waals surface area contributed by atoms with E-state index in [2.05, 4.69) is 43.8 Å². The molecule has 2 heterocycles. The molecular weight excluding hydrogens is 258 g/mol. The molecule has 0 aliphatic carbocycles. The zero-order chi connectivity index (χ0) is 14.5. The second-order valence-corrected chi connectivity index (χ2v) is 4.58. The highest BCUT2D eigenvalue weighted by atomic mass is 16.5. The van der Waals surface area contributed by atoms with Crippen LogP contribution < -0.4 is 5.32 Å². The highest BCUT2D eigenvalue weighted by molar-refractivity contribution is 5.94. The normalized spacial score (nSPS) is 10.6. The molecule has 106 valence electrons. The van der Waals surface area contributed by atoms with Crippen molar-refractivity contribution in [1.29, 1.82) is 0 Å². The van der Waals surface area contributed by atoms with Crippen LogP contribution in [0.5, 0.6) is 0 Å². The minimum atomic E-state index is -0.472. The van der Waals surface area contributed by atoms with Gasteiger partial charge in [0.25, 0.3) is 0 Å². The Morgan fingerprint density at radius 2 is 2.20 bits per heavy atom. The van der Waals surface area contributed by atoms with Crippen LogP contribution >= 0.6 is 0 Å². The number of aromatic nitrogens is 4. The van der Waals surface area contributed by atoms with E-state index >= 15 is 0 Å². The summed E-state index contributed by atoms with van der Waals surface area (Å²) in [5.41, 5.74) is 1.22. The van der Waals surface area contributed by atoms with E-state index in [1.54, 1.807) is 6.20 Å². The van der Waals surface area contributed by atoms with E-state index in [1.807, 2.05) is 0 Å². The second kappa shape index (κ2) is 6.14. The van der Waals surface area contributed by atoms with Gasteiger partial charge in [0.05, 0.1) is 25.5 Å². The molecule has 20 heavy (non-hydrogen) atoms. The van der Waals surface area contributed by atoms with Crippen molar-refractivity contribution in [3.8, 4) is 0 Å². The highest BCUT2D eigenvalue weighted by Crippen LogP contribution is 2.14. The van der Waals surface area contributed by atoms with E-state index in [0.717, 1.165) is 11.5 Å². The van der Waals surface area contributed by atoms with Gasteiger partial charge in [0.1, 0.15) is 23.5 Å². The summed E-state index contributed by atoms with van der Waals surface area (Å²) in [6.45, 7) is 4.62. The molecule has 0 saturated heterocycles. The SMILES string of the molecule is COC(=O)c1cncnc1NCc1cnc(C(C)C)[nH]1. The third-order valence-corrected chi connectivity index (χ3v) is 2.76. The van der Waals surface area contributed by atoms with Crippen molar-refractivity contribution < 1.29 is 9.53 Å². The number of ether oxygens (including phenoxy) is 1. The van der Waals surface area contributed by atoms with Crippen molar-refractivity contribution in [2.45, 2.75) is 26.3 Å². The predicted molar refractivity (Wildman–Crippen MR) is 73.4 cm³/mol. The van der Waals surface area contributed by atoms with Crippen molar-refractivity contribution in [3.63, 3.8) is 0 Å². The first-order valence-electron chi connectivity index (χ1n) is 6.27. The molecule has 0 aromatic carbocycles. The van der Waals surface area contributed by atoms with Crippen LogP contribution in [0.4, 0.5) is 5.82 Å². The Kier molecular flexibility index (Phi) is 4.29. The molecule has 0 radical (unpaired) electrons. The van der Waals surface area contributed by atoms with Crippen LogP contribution in [0.25, 0.3) is 0 Å². The van der Waals surface area contributed by atoms with E-state index in [0.29, 0.717) is 23.8 Å². The van der Waals surface area contributed by atoms with Gasteiger partial charge in [-0.15, -0.1) is 0 Å². The number of anilines is 1. The Bertz CT molecular complexity index is 594. The molecule has 0 aliphatic rings. The van der Waals surface area contributed by atoms with Crippen LogP contribution in [0.1, 0.15) is 41.6 Å². The number of aromatic amines is 1. The first-order chi connectivity index (χ1) is 9.61. The molecule has 0 unspecified atom stereocenters. The second-order valence-electron chi connectivity index (χ2n) is 4.58. The molecule has 0 saturated carbocycles. The van der Waals surface area contributed by atoms with Crippen molar-refractivity contribution in [2.24, 2.45) is 0 Å². The summed E-state index contributed by atoms with van der Waals surface area (Å²) in [6, 6.07) is 0. The molecule has 0 atom stereocenters. The van der Waals surface area contributed by atoms with Gasteiger partial charge < -0.3 is 15.0 Å². The maximum atomic E-state index is 11.6. The molecule has 0 fully saturated rings. The van der Waals surface area contributed by atoms with Crippen molar-refractivity contribution >= 4 is 11.8 Å².